The highest BCUT2D eigenvalue weighted by molar-refractivity contribution is 6.58. The Hall–Kier alpha value is -3.46. The first-order chi connectivity index (χ1) is 13.2. The van der Waals surface area contributed by atoms with Gasteiger partial charge in [-0.05, 0) is 45.1 Å². The smallest absolute Gasteiger partial charge is 0.423 e. The molecule has 0 aliphatic heterocycles. The summed E-state index contributed by atoms with van der Waals surface area (Å²) in [6.07, 6.45) is 1.71. The van der Waals surface area contributed by atoms with E-state index in [1.807, 2.05) is 36.4 Å². The topological polar surface area (TPSA) is 77.1 Å². The number of fused-ring (bicyclic) bond motifs is 1. The maximum absolute atomic E-state index is 9.36. The molecule has 0 atom stereocenters. The van der Waals surface area contributed by atoms with Crippen molar-refractivity contribution in [2.75, 3.05) is 0 Å². The molecule has 2 N–H and O–H groups in total. The van der Waals surface area contributed by atoms with Crippen molar-refractivity contribution < 1.29 is 10.0 Å². The Morgan fingerprint density at radius 2 is 1.56 bits per heavy atom. The average Bonchev–Trinajstić information content (AvgIpc) is 2.73. The standard InChI is InChI=1S/C22H15BN2O2/c24-13-19-11-7-17(14-25-19)21-12-8-15-3-1-2-4-20(15)22(21)16-5-9-18(10-6-16)23(26)27/h1-12,14,26-27H. The van der Waals surface area contributed by atoms with Crippen LogP contribution in [0.3, 0.4) is 0 Å². The van der Waals surface area contributed by atoms with Crippen molar-refractivity contribution in [1.82, 2.24) is 4.98 Å². The van der Waals surface area contributed by atoms with Gasteiger partial charge in [0.25, 0.3) is 0 Å². The van der Waals surface area contributed by atoms with Gasteiger partial charge in [0.1, 0.15) is 11.8 Å². The number of nitriles is 1. The number of aromatic nitrogens is 1. The van der Waals surface area contributed by atoms with Crippen molar-refractivity contribution in [3.63, 3.8) is 0 Å². The first-order valence-corrected chi connectivity index (χ1v) is 8.52. The fourth-order valence-electron chi connectivity index (χ4n) is 3.26. The molecule has 4 nitrogen and oxygen atoms in total. The molecule has 3 aromatic carbocycles. The van der Waals surface area contributed by atoms with Crippen molar-refractivity contribution in [1.29, 1.82) is 5.26 Å². The molecule has 0 radical (unpaired) electrons. The van der Waals surface area contributed by atoms with E-state index < -0.39 is 7.12 Å². The Balaban J connectivity index is 1.96. The highest BCUT2D eigenvalue weighted by atomic mass is 16.4. The van der Waals surface area contributed by atoms with Crippen LogP contribution in [0.1, 0.15) is 5.69 Å². The van der Waals surface area contributed by atoms with Gasteiger partial charge in [-0.2, -0.15) is 5.26 Å². The molecule has 128 valence electrons. The van der Waals surface area contributed by atoms with Crippen LogP contribution in [0.2, 0.25) is 0 Å². The van der Waals surface area contributed by atoms with Gasteiger partial charge in [0.15, 0.2) is 0 Å². The molecule has 0 saturated heterocycles. The minimum absolute atomic E-state index is 0.377. The van der Waals surface area contributed by atoms with Crippen molar-refractivity contribution >= 4 is 23.4 Å². The van der Waals surface area contributed by atoms with Crippen molar-refractivity contribution in [2.45, 2.75) is 0 Å². The van der Waals surface area contributed by atoms with E-state index in [2.05, 4.69) is 29.2 Å². The summed E-state index contributed by atoms with van der Waals surface area (Å²) in [4.78, 5) is 4.20. The van der Waals surface area contributed by atoms with E-state index in [4.69, 9.17) is 5.26 Å². The van der Waals surface area contributed by atoms with Gasteiger partial charge in [0.05, 0.1) is 0 Å². The first kappa shape index (κ1) is 17.0. The largest absolute Gasteiger partial charge is 0.488 e. The Morgan fingerprint density at radius 3 is 2.22 bits per heavy atom. The van der Waals surface area contributed by atoms with Crippen LogP contribution < -0.4 is 5.46 Å². The van der Waals surface area contributed by atoms with Gasteiger partial charge in [-0.15, -0.1) is 0 Å². The molecule has 0 bridgehead atoms. The minimum Gasteiger partial charge on any atom is -0.423 e. The van der Waals surface area contributed by atoms with Gasteiger partial charge in [-0.1, -0.05) is 60.7 Å². The van der Waals surface area contributed by atoms with E-state index in [1.54, 1.807) is 24.4 Å². The average molecular weight is 350 g/mol. The minimum atomic E-state index is -1.49. The van der Waals surface area contributed by atoms with Crippen molar-refractivity contribution in [3.8, 4) is 28.3 Å². The number of hydrogen-bond donors (Lipinski definition) is 2. The third kappa shape index (κ3) is 3.20. The number of benzene rings is 3. The normalized spacial score (nSPS) is 10.6. The molecule has 5 heteroatoms. The molecule has 0 saturated carbocycles. The Bertz CT molecular complexity index is 1150. The summed E-state index contributed by atoms with van der Waals surface area (Å²) in [7, 11) is -1.49. The molecule has 1 heterocycles. The SMILES string of the molecule is N#Cc1ccc(-c2ccc3ccccc3c2-c2ccc(B(O)O)cc2)cn1. The lowest BCUT2D eigenvalue weighted by atomic mass is 9.79. The summed E-state index contributed by atoms with van der Waals surface area (Å²) in [6.45, 7) is 0. The van der Waals surface area contributed by atoms with Gasteiger partial charge in [-0.3, -0.25) is 0 Å². The molecule has 0 fully saturated rings. The predicted molar refractivity (Wildman–Crippen MR) is 107 cm³/mol. The first-order valence-electron chi connectivity index (χ1n) is 8.52. The summed E-state index contributed by atoms with van der Waals surface area (Å²) in [5.41, 5.74) is 4.75. The molecular formula is C22H15BN2O2. The Morgan fingerprint density at radius 1 is 0.815 bits per heavy atom. The molecule has 0 aliphatic rings. The van der Waals surface area contributed by atoms with Crippen LogP contribution in [0.5, 0.6) is 0 Å². The third-order valence-electron chi connectivity index (χ3n) is 4.62. The van der Waals surface area contributed by atoms with Crippen LogP contribution in [-0.4, -0.2) is 22.2 Å². The summed E-state index contributed by atoms with van der Waals surface area (Å²) in [5.74, 6) is 0. The zero-order chi connectivity index (χ0) is 18.8. The second kappa shape index (κ2) is 7.04. The molecule has 0 spiro atoms. The number of rotatable bonds is 3. The fourth-order valence-corrected chi connectivity index (χ4v) is 3.26. The quantitative estimate of drug-likeness (QED) is 0.557. The summed E-state index contributed by atoms with van der Waals surface area (Å²) < 4.78 is 0. The summed E-state index contributed by atoms with van der Waals surface area (Å²) in [6, 6.07) is 25.1. The van der Waals surface area contributed by atoms with Crippen LogP contribution in [0.4, 0.5) is 0 Å². The van der Waals surface area contributed by atoms with Gasteiger partial charge in [0.2, 0.25) is 0 Å². The highest BCUT2D eigenvalue weighted by Crippen LogP contribution is 2.37. The number of pyridine rings is 1. The third-order valence-corrected chi connectivity index (χ3v) is 4.62. The highest BCUT2D eigenvalue weighted by Gasteiger charge is 2.14. The molecule has 0 amide bonds. The Kier molecular flexibility index (Phi) is 4.43. The lowest BCUT2D eigenvalue weighted by Crippen LogP contribution is -2.29. The zero-order valence-electron chi connectivity index (χ0n) is 14.4. The molecule has 4 aromatic rings. The molecule has 27 heavy (non-hydrogen) atoms. The van der Waals surface area contributed by atoms with Crippen LogP contribution in [0, 0.1) is 11.3 Å². The van der Waals surface area contributed by atoms with E-state index >= 15 is 0 Å². The molecule has 4 rings (SSSR count). The number of nitrogens with zero attached hydrogens (tertiary/aromatic N) is 2. The van der Waals surface area contributed by atoms with E-state index in [0.29, 0.717) is 11.2 Å². The maximum Gasteiger partial charge on any atom is 0.488 e. The lowest BCUT2D eigenvalue weighted by Gasteiger charge is -2.14. The number of hydrogen-bond acceptors (Lipinski definition) is 4. The van der Waals surface area contributed by atoms with E-state index in [1.165, 1.54) is 0 Å². The van der Waals surface area contributed by atoms with Gasteiger partial charge >= 0.3 is 7.12 Å². The predicted octanol–water partition coefficient (Wildman–Crippen LogP) is 3.12. The zero-order valence-corrected chi connectivity index (χ0v) is 14.4. The van der Waals surface area contributed by atoms with Gasteiger partial charge in [0, 0.05) is 11.8 Å². The molecular weight excluding hydrogens is 335 g/mol. The summed E-state index contributed by atoms with van der Waals surface area (Å²) in [5, 5.41) is 29.9. The lowest BCUT2D eigenvalue weighted by molar-refractivity contribution is 0.426. The van der Waals surface area contributed by atoms with Crippen LogP contribution >= 0.6 is 0 Å². The fraction of sp³-hybridized carbons (Fsp3) is 0. The van der Waals surface area contributed by atoms with E-state index in [-0.39, 0.29) is 0 Å². The van der Waals surface area contributed by atoms with Crippen LogP contribution in [-0.2, 0) is 0 Å². The molecule has 1 aromatic heterocycles. The van der Waals surface area contributed by atoms with Crippen molar-refractivity contribution in [3.05, 3.63) is 84.7 Å². The van der Waals surface area contributed by atoms with Crippen molar-refractivity contribution in [2.24, 2.45) is 0 Å². The van der Waals surface area contributed by atoms with E-state index in [9.17, 15) is 10.0 Å². The summed E-state index contributed by atoms with van der Waals surface area (Å²) >= 11 is 0. The van der Waals surface area contributed by atoms with Crippen LogP contribution in [0.15, 0.2) is 79.0 Å². The van der Waals surface area contributed by atoms with E-state index in [0.717, 1.165) is 33.0 Å². The Labute approximate surface area is 157 Å². The maximum atomic E-state index is 9.36. The molecule has 0 aliphatic carbocycles. The second-order valence-electron chi connectivity index (χ2n) is 6.25. The molecule has 0 unspecified atom stereocenters. The second-order valence-corrected chi connectivity index (χ2v) is 6.25. The monoisotopic (exact) mass is 350 g/mol. The van der Waals surface area contributed by atoms with Gasteiger partial charge < -0.3 is 10.0 Å². The van der Waals surface area contributed by atoms with Crippen LogP contribution in [0.25, 0.3) is 33.0 Å². The van der Waals surface area contributed by atoms with Gasteiger partial charge in [-0.25, -0.2) is 4.98 Å².